The quantitative estimate of drug-likeness (QED) is 0.758. The van der Waals surface area contributed by atoms with Gasteiger partial charge in [-0.15, -0.1) is 0 Å². The maximum atomic E-state index is 11.5. The van der Waals surface area contributed by atoms with Gasteiger partial charge >= 0.3 is 0 Å². The van der Waals surface area contributed by atoms with E-state index < -0.39 is 0 Å². The van der Waals surface area contributed by atoms with Crippen molar-refractivity contribution < 1.29 is 4.79 Å². The normalized spacial score (nSPS) is 46.2. The molecule has 18 heavy (non-hydrogen) atoms. The molecule has 4 fully saturated rings. The highest BCUT2D eigenvalue weighted by molar-refractivity contribution is 5.74. The maximum absolute atomic E-state index is 11.5. The molecule has 0 aromatic rings. The van der Waals surface area contributed by atoms with Gasteiger partial charge in [-0.2, -0.15) is 0 Å². The Morgan fingerprint density at radius 3 is 2.11 bits per heavy atom. The van der Waals surface area contributed by atoms with Gasteiger partial charge < -0.3 is 5.32 Å². The smallest absolute Gasteiger partial charge is 0.217 e. The van der Waals surface area contributed by atoms with Gasteiger partial charge in [-0.3, -0.25) is 4.79 Å². The highest BCUT2D eigenvalue weighted by Gasteiger charge is 2.57. The minimum atomic E-state index is 0.171. The minimum Gasteiger partial charge on any atom is -0.351 e. The molecule has 4 saturated carbocycles. The fraction of sp³-hybridized carbons (Fsp3) is 0.938. The average Bonchev–Trinajstić information content (AvgIpc) is 2.09. The van der Waals surface area contributed by atoms with Crippen LogP contribution < -0.4 is 5.32 Å². The Morgan fingerprint density at radius 2 is 1.67 bits per heavy atom. The lowest BCUT2D eigenvalue weighted by molar-refractivity contribution is -0.132. The minimum absolute atomic E-state index is 0.171. The van der Waals surface area contributed by atoms with Crippen molar-refractivity contribution in [1.82, 2.24) is 5.32 Å². The maximum Gasteiger partial charge on any atom is 0.217 e. The lowest BCUT2D eigenvalue weighted by Crippen LogP contribution is -2.63. The summed E-state index contributed by atoms with van der Waals surface area (Å²) in [7, 11) is 0. The zero-order valence-electron chi connectivity index (χ0n) is 12.3. The van der Waals surface area contributed by atoms with E-state index in [1.807, 2.05) is 0 Å². The molecular formula is C16H27NO. The van der Waals surface area contributed by atoms with E-state index in [2.05, 4.69) is 26.1 Å². The molecule has 4 rings (SSSR count). The number of carbonyl (C=O) groups is 1. The summed E-state index contributed by atoms with van der Waals surface area (Å²) < 4.78 is 0. The monoisotopic (exact) mass is 249 g/mol. The van der Waals surface area contributed by atoms with Crippen molar-refractivity contribution in [2.24, 2.45) is 29.1 Å². The molecule has 0 heterocycles. The van der Waals surface area contributed by atoms with Crippen LogP contribution in [0, 0.1) is 29.1 Å². The molecular weight excluding hydrogens is 222 g/mol. The van der Waals surface area contributed by atoms with Crippen molar-refractivity contribution in [3.05, 3.63) is 0 Å². The second-order valence-electron chi connectivity index (χ2n) is 8.32. The number of hydrogen-bond acceptors (Lipinski definition) is 1. The summed E-state index contributed by atoms with van der Waals surface area (Å²) in [5.41, 5.74) is 0.601. The predicted octanol–water partition coefficient (Wildman–Crippen LogP) is 3.36. The third-order valence-electron chi connectivity index (χ3n) is 5.71. The molecule has 2 heteroatoms. The number of rotatable bonds is 1. The van der Waals surface area contributed by atoms with E-state index >= 15 is 0 Å². The van der Waals surface area contributed by atoms with Crippen LogP contribution in [-0.4, -0.2) is 11.4 Å². The Kier molecular flexibility index (Phi) is 2.60. The molecule has 4 aliphatic rings. The Morgan fingerprint density at radius 1 is 1.11 bits per heavy atom. The molecule has 2 nitrogen and oxygen atoms in total. The van der Waals surface area contributed by atoms with E-state index in [1.165, 1.54) is 32.1 Å². The SMILES string of the molecule is CC(=O)NC12CC3CC(C1)C(C(C)(C)C)C(C3)C2. The van der Waals surface area contributed by atoms with Crippen LogP contribution in [0.15, 0.2) is 0 Å². The van der Waals surface area contributed by atoms with Gasteiger partial charge in [0.25, 0.3) is 0 Å². The van der Waals surface area contributed by atoms with Crippen LogP contribution in [0.3, 0.4) is 0 Å². The van der Waals surface area contributed by atoms with Crippen LogP contribution in [0.25, 0.3) is 0 Å². The molecule has 0 saturated heterocycles. The Balaban J connectivity index is 1.86. The van der Waals surface area contributed by atoms with Gasteiger partial charge in [0, 0.05) is 12.5 Å². The number of amides is 1. The van der Waals surface area contributed by atoms with Crippen LogP contribution in [0.2, 0.25) is 0 Å². The van der Waals surface area contributed by atoms with Crippen LogP contribution in [0.1, 0.15) is 59.8 Å². The Bertz CT molecular complexity index is 352. The Hall–Kier alpha value is -0.530. The summed E-state index contributed by atoms with van der Waals surface area (Å²) in [5, 5.41) is 3.32. The molecule has 0 aromatic heterocycles. The van der Waals surface area contributed by atoms with E-state index in [-0.39, 0.29) is 11.4 Å². The lowest BCUT2D eigenvalue weighted by atomic mass is 9.45. The van der Waals surface area contributed by atoms with Crippen molar-refractivity contribution in [3.63, 3.8) is 0 Å². The van der Waals surface area contributed by atoms with Crippen molar-refractivity contribution in [1.29, 1.82) is 0 Å². The number of nitrogens with one attached hydrogen (secondary N) is 1. The average molecular weight is 249 g/mol. The summed E-state index contributed by atoms with van der Waals surface area (Å²) in [4.78, 5) is 11.5. The standard InChI is InChI=1S/C16H27NO/c1-10(18)17-16-7-11-5-12(8-16)14(15(2,3)4)13(6-11)9-16/h11-14H,5-9H2,1-4H3,(H,17,18). The highest BCUT2D eigenvalue weighted by atomic mass is 16.1. The molecule has 4 aliphatic carbocycles. The fourth-order valence-electron chi connectivity index (χ4n) is 5.96. The van der Waals surface area contributed by atoms with E-state index in [4.69, 9.17) is 0 Å². The van der Waals surface area contributed by atoms with Gasteiger partial charge in [-0.25, -0.2) is 0 Å². The first-order chi connectivity index (χ1) is 8.29. The molecule has 102 valence electrons. The third kappa shape index (κ3) is 1.88. The van der Waals surface area contributed by atoms with E-state index in [0.717, 1.165) is 23.7 Å². The second kappa shape index (κ2) is 3.74. The highest BCUT2D eigenvalue weighted by Crippen LogP contribution is 2.62. The van der Waals surface area contributed by atoms with Crippen LogP contribution in [-0.2, 0) is 4.79 Å². The van der Waals surface area contributed by atoms with E-state index in [9.17, 15) is 4.79 Å². The molecule has 0 radical (unpaired) electrons. The van der Waals surface area contributed by atoms with Gasteiger partial charge in [0.05, 0.1) is 0 Å². The van der Waals surface area contributed by atoms with Crippen LogP contribution in [0.4, 0.5) is 0 Å². The Labute approximate surface area is 111 Å². The largest absolute Gasteiger partial charge is 0.351 e. The van der Waals surface area contributed by atoms with Crippen molar-refractivity contribution >= 4 is 5.91 Å². The summed E-state index contributed by atoms with van der Waals surface area (Å²) in [6.45, 7) is 8.90. The number of hydrogen-bond donors (Lipinski definition) is 1. The first-order valence-corrected chi connectivity index (χ1v) is 7.58. The van der Waals surface area contributed by atoms with Crippen molar-refractivity contribution in [3.8, 4) is 0 Å². The van der Waals surface area contributed by atoms with Gasteiger partial charge in [0.1, 0.15) is 0 Å². The topological polar surface area (TPSA) is 29.1 Å². The van der Waals surface area contributed by atoms with Crippen LogP contribution >= 0.6 is 0 Å². The molecule has 0 aliphatic heterocycles. The molecule has 2 unspecified atom stereocenters. The summed E-state index contributed by atoms with van der Waals surface area (Å²) in [6.07, 6.45) is 6.55. The summed E-state index contributed by atoms with van der Waals surface area (Å²) >= 11 is 0. The van der Waals surface area contributed by atoms with E-state index in [1.54, 1.807) is 6.92 Å². The fourth-order valence-corrected chi connectivity index (χ4v) is 5.96. The summed E-state index contributed by atoms with van der Waals surface area (Å²) in [5.74, 6) is 3.62. The molecule has 1 amide bonds. The molecule has 0 aromatic carbocycles. The summed E-state index contributed by atoms with van der Waals surface area (Å²) in [6, 6.07) is 0. The second-order valence-corrected chi connectivity index (χ2v) is 8.32. The third-order valence-corrected chi connectivity index (χ3v) is 5.71. The molecule has 2 atom stereocenters. The van der Waals surface area contributed by atoms with Crippen molar-refractivity contribution in [2.45, 2.75) is 65.3 Å². The molecule has 0 spiro atoms. The first-order valence-electron chi connectivity index (χ1n) is 7.58. The van der Waals surface area contributed by atoms with Crippen LogP contribution in [0.5, 0.6) is 0 Å². The van der Waals surface area contributed by atoms with Gasteiger partial charge in [0.2, 0.25) is 5.91 Å². The van der Waals surface area contributed by atoms with Gasteiger partial charge in [0.15, 0.2) is 0 Å². The number of carbonyl (C=O) groups excluding carboxylic acids is 1. The van der Waals surface area contributed by atoms with Crippen molar-refractivity contribution in [2.75, 3.05) is 0 Å². The zero-order chi connectivity index (χ0) is 13.1. The predicted molar refractivity (Wildman–Crippen MR) is 73.0 cm³/mol. The lowest BCUT2D eigenvalue weighted by Gasteiger charge is -2.63. The van der Waals surface area contributed by atoms with Gasteiger partial charge in [-0.05, 0) is 61.2 Å². The molecule has 4 bridgehead atoms. The molecule has 1 N–H and O–H groups in total. The van der Waals surface area contributed by atoms with E-state index in [0.29, 0.717) is 5.41 Å². The van der Waals surface area contributed by atoms with Gasteiger partial charge in [-0.1, -0.05) is 20.8 Å². The first kappa shape index (κ1) is 12.5. The zero-order valence-corrected chi connectivity index (χ0v) is 12.3.